The Morgan fingerprint density at radius 3 is 2.36 bits per heavy atom. The van der Waals surface area contributed by atoms with Gasteiger partial charge in [0.05, 0.1) is 0 Å². The molecule has 0 aliphatic carbocycles. The van der Waals surface area contributed by atoms with E-state index in [0.717, 1.165) is 0 Å². The summed E-state index contributed by atoms with van der Waals surface area (Å²) in [5.74, 6) is 0. The van der Waals surface area contributed by atoms with Crippen molar-refractivity contribution in [2.75, 3.05) is 0 Å². The molecule has 11 heavy (non-hydrogen) atoms. The predicted octanol–water partition coefficient (Wildman–Crippen LogP) is 3.09. The van der Waals surface area contributed by atoms with Crippen LogP contribution in [0.2, 0.25) is 0 Å². The van der Waals surface area contributed by atoms with Gasteiger partial charge in [-0.3, -0.25) is 0 Å². The van der Waals surface area contributed by atoms with Gasteiger partial charge in [0.15, 0.2) is 0 Å². The number of rotatable bonds is 3. The van der Waals surface area contributed by atoms with E-state index < -0.39 is 0 Å². The van der Waals surface area contributed by atoms with Gasteiger partial charge in [-0.05, 0) is 29.9 Å². The molecule has 1 nitrogen and oxygen atoms in total. The molecule has 1 heteroatoms. The van der Waals surface area contributed by atoms with Crippen LogP contribution >= 0.6 is 0 Å². The van der Waals surface area contributed by atoms with Crippen molar-refractivity contribution in [2.24, 2.45) is 0 Å². The lowest BCUT2D eigenvalue weighted by atomic mass is 9.79. The third-order valence-corrected chi connectivity index (χ3v) is 2.86. The normalized spacial score (nSPS) is 11.9. The summed E-state index contributed by atoms with van der Waals surface area (Å²) in [6, 6.07) is 2.17. The molecule has 1 aromatic rings. The Kier molecular flexibility index (Phi) is 2.38. The van der Waals surface area contributed by atoms with Gasteiger partial charge in [0.1, 0.15) is 0 Å². The van der Waals surface area contributed by atoms with Crippen LogP contribution in [0.1, 0.15) is 39.2 Å². The van der Waals surface area contributed by atoms with Crippen LogP contribution in [0.25, 0.3) is 0 Å². The number of hydrogen-bond acceptors (Lipinski definition) is 0. The molecule has 0 spiro atoms. The van der Waals surface area contributed by atoms with E-state index in [1.807, 2.05) is 6.20 Å². The highest BCUT2D eigenvalue weighted by atomic mass is 14.6. The lowest BCUT2D eigenvalue weighted by Crippen LogP contribution is -2.18. The molecule has 1 N–H and O–H groups in total. The molecule has 0 aliphatic rings. The van der Waals surface area contributed by atoms with Crippen molar-refractivity contribution >= 4 is 0 Å². The molecule has 62 valence electrons. The van der Waals surface area contributed by atoms with Crippen LogP contribution < -0.4 is 0 Å². The molecular formula is C10H17N. The minimum Gasteiger partial charge on any atom is -0.367 e. The topological polar surface area (TPSA) is 15.8 Å². The maximum atomic E-state index is 3.10. The maximum Gasteiger partial charge on any atom is 0.00429 e. The Labute approximate surface area is 68.8 Å². The minimum absolute atomic E-state index is 0.375. The Balaban J connectivity index is 2.87. The summed E-state index contributed by atoms with van der Waals surface area (Å²) in [5, 5.41) is 0. The first kappa shape index (κ1) is 8.38. The lowest BCUT2D eigenvalue weighted by Gasteiger charge is -2.25. The Bertz CT molecular complexity index is 195. The van der Waals surface area contributed by atoms with Crippen LogP contribution in [0.3, 0.4) is 0 Å². The average Bonchev–Trinajstić information content (AvgIpc) is 2.55. The Morgan fingerprint density at radius 1 is 1.36 bits per heavy atom. The van der Waals surface area contributed by atoms with E-state index in [-0.39, 0.29) is 0 Å². The van der Waals surface area contributed by atoms with E-state index in [9.17, 15) is 0 Å². The molecule has 1 rings (SSSR count). The number of nitrogens with one attached hydrogen (secondary N) is 1. The number of aromatic amines is 1. The third-order valence-electron chi connectivity index (χ3n) is 2.86. The zero-order chi connectivity index (χ0) is 8.32. The number of H-pyrrole nitrogens is 1. The van der Waals surface area contributed by atoms with Crippen LogP contribution in [0.5, 0.6) is 0 Å². The van der Waals surface area contributed by atoms with Gasteiger partial charge < -0.3 is 4.98 Å². The van der Waals surface area contributed by atoms with E-state index in [1.54, 1.807) is 0 Å². The molecule has 1 aromatic heterocycles. The summed E-state index contributed by atoms with van der Waals surface area (Å²) in [7, 11) is 0. The second-order valence-corrected chi connectivity index (χ2v) is 3.37. The summed E-state index contributed by atoms with van der Waals surface area (Å²) < 4.78 is 0. The Hall–Kier alpha value is -0.720. The molecule has 0 saturated heterocycles. The third kappa shape index (κ3) is 1.47. The van der Waals surface area contributed by atoms with Gasteiger partial charge in [-0.2, -0.15) is 0 Å². The fraction of sp³-hybridized carbons (Fsp3) is 0.600. The van der Waals surface area contributed by atoms with E-state index >= 15 is 0 Å². The standard InChI is InChI=1S/C10H17N/c1-4-10(3,5-2)9-6-7-11-8-9/h6-8,11H,4-5H2,1-3H3. The molecule has 0 bridgehead atoms. The number of hydrogen-bond donors (Lipinski definition) is 1. The quantitative estimate of drug-likeness (QED) is 0.683. The van der Waals surface area contributed by atoms with Crippen molar-refractivity contribution in [3.05, 3.63) is 24.0 Å². The van der Waals surface area contributed by atoms with Crippen LogP contribution in [0.4, 0.5) is 0 Å². The fourth-order valence-corrected chi connectivity index (χ4v) is 1.36. The SMILES string of the molecule is CCC(C)(CC)c1cc[nH]c1. The summed E-state index contributed by atoms with van der Waals surface area (Å²) in [6.07, 6.45) is 6.52. The zero-order valence-corrected chi connectivity index (χ0v) is 7.65. The smallest absolute Gasteiger partial charge is 0.00429 e. The molecule has 0 aliphatic heterocycles. The highest BCUT2D eigenvalue weighted by molar-refractivity contribution is 5.20. The molecule has 1 heterocycles. The van der Waals surface area contributed by atoms with Crippen LogP contribution in [0.15, 0.2) is 18.5 Å². The molecule has 0 aromatic carbocycles. The van der Waals surface area contributed by atoms with E-state index in [1.165, 1.54) is 18.4 Å². The maximum absolute atomic E-state index is 3.10. The van der Waals surface area contributed by atoms with Gasteiger partial charge in [0.2, 0.25) is 0 Å². The summed E-state index contributed by atoms with van der Waals surface area (Å²) in [5.41, 5.74) is 1.81. The highest BCUT2D eigenvalue weighted by Crippen LogP contribution is 2.30. The van der Waals surface area contributed by atoms with Gasteiger partial charge in [-0.15, -0.1) is 0 Å². The van der Waals surface area contributed by atoms with Crippen molar-refractivity contribution in [1.82, 2.24) is 4.98 Å². The fourth-order valence-electron chi connectivity index (χ4n) is 1.36. The molecule has 0 radical (unpaired) electrons. The first-order chi connectivity index (χ1) is 5.23. The highest BCUT2D eigenvalue weighted by Gasteiger charge is 2.21. The molecule has 0 fully saturated rings. The van der Waals surface area contributed by atoms with Crippen LogP contribution in [0, 0.1) is 0 Å². The summed E-state index contributed by atoms with van der Waals surface area (Å²) in [4.78, 5) is 3.10. The van der Waals surface area contributed by atoms with Gasteiger partial charge in [0, 0.05) is 12.4 Å². The monoisotopic (exact) mass is 151 g/mol. The average molecular weight is 151 g/mol. The molecule has 0 atom stereocenters. The van der Waals surface area contributed by atoms with Crippen LogP contribution in [-0.4, -0.2) is 4.98 Å². The van der Waals surface area contributed by atoms with Crippen molar-refractivity contribution in [3.8, 4) is 0 Å². The van der Waals surface area contributed by atoms with Gasteiger partial charge in [-0.1, -0.05) is 20.8 Å². The number of aromatic nitrogens is 1. The van der Waals surface area contributed by atoms with Crippen molar-refractivity contribution in [2.45, 2.75) is 39.0 Å². The first-order valence-electron chi connectivity index (χ1n) is 4.36. The van der Waals surface area contributed by atoms with E-state index in [0.29, 0.717) is 5.41 Å². The van der Waals surface area contributed by atoms with Crippen molar-refractivity contribution < 1.29 is 0 Å². The van der Waals surface area contributed by atoms with Crippen molar-refractivity contribution in [1.29, 1.82) is 0 Å². The molecule has 0 unspecified atom stereocenters. The van der Waals surface area contributed by atoms with Gasteiger partial charge in [-0.25, -0.2) is 0 Å². The Morgan fingerprint density at radius 2 is 2.00 bits per heavy atom. The largest absolute Gasteiger partial charge is 0.367 e. The van der Waals surface area contributed by atoms with Gasteiger partial charge >= 0.3 is 0 Å². The summed E-state index contributed by atoms with van der Waals surface area (Å²) in [6.45, 7) is 6.81. The zero-order valence-electron chi connectivity index (χ0n) is 7.65. The van der Waals surface area contributed by atoms with E-state index in [2.05, 4.69) is 38.0 Å². The van der Waals surface area contributed by atoms with Gasteiger partial charge in [0.25, 0.3) is 0 Å². The molecule has 0 amide bonds. The van der Waals surface area contributed by atoms with Crippen molar-refractivity contribution in [3.63, 3.8) is 0 Å². The second kappa shape index (κ2) is 3.12. The lowest BCUT2D eigenvalue weighted by molar-refractivity contribution is 0.439. The molecule has 0 saturated carbocycles. The summed E-state index contributed by atoms with van der Waals surface area (Å²) >= 11 is 0. The molecular weight excluding hydrogens is 134 g/mol. The first-order valence-corrected chi connectivity index (χ1v) is 4.36. The second-order valence-electron chi connectivity index (χ2n) is 3.37. The minimum atomic E-state index is 0.375. The van der Waals surface area contributed by atoms with Crippen LogP contribution in [-0.2, 0) is 5.41 Å². The van der Waals surface area contributed by atoms with E-state index in [4.69, 9.17) is 0 Å². The predicted molar refractivity (Wildman–Crippen MR) is 48.7 cm³/mol.